The lowest BCUT2D eigenvalue weighted by Crippen LogP contribution is -2.61. The maximum Gasteiger partial charge on any atom is 0.248 e. The monoisotopic (exact) mass is 352 g/mol. The highest BCUT2D eigenvalue weighted by Gasteiger charge is 2.52. The van der Waals surface area contributed by atoms with Crippen LogP contribution in [0.4, 0.5) is 0 Å². The van der Waals surface area contributed by atoms with Gasteiger partial charge in [-0.3, -0.25) is 19.6 Å². The molecule has 3 amide bonds. The average Bonchev–Trinajstić information content (AvgIpc) is 3.38. The number of hydrogen-bond acceptors (Lipinski definition) is 5. The molecule has 140 valence electrons. The Morgan fingerprint density at radius 2 is 1.72 bits per heavy atom. The van der Waals surface area contributed by atoms with Crippen LogP contribution in [0.15, 0.2) is 0 Å². The van der Waals surface area contributed by atoms with Crippen LogP contribution < -0.4 is 10.8 Å². The first-order valence-corrected chi connectivity index (χ1v) is 9.12. The summed E-state index contributed by atoms with van der Waals surface area (Å²) in [5.41, 5.74) is 1.84. The molecule has 3 fully saturated rings. The highest BCUT2D eigenvalue weighted by atomic mass is 16.5. The minimum absolute atomic E-state index is 0.0466. The molecule has 2 saturated heterocycles. The molecular formula is C17H28N4O4. The predicted molar refractivity (Wildman–Crippen MR) is 89.5 cm³/mol. The standard InChI is InChI=1S/C17H28N4O4/c1-11(2)15(23)20-5-7-21(8-6-20)16(24)13-12(14(22)19-25)9-17(3-4-17)10-18-13/h11-13,18,25H,3-10H2,1-2H3,(H,19,22)/t12-,13-/m0/s1. The number of piperidine rings is 1. The van der Waals surface area contributed by atoms with E-state index in [9.17, 15) is 14.4 Å². The summed E-state index contributed by atoms with van der Waals surface area (Å²) in [4.78, 5) is 40.6. The lowest BCUT2D eigenvalue weighted by Gasteiger charge is -2.41. The van der Waals surface area contributed by atoms with Gasteiger partial charge in [0.25, 0.3) is 0 Å². The van der Waals surface area contributed by atoms with E-state index in [1.54, 1.807) is 15.3 Å². The number of nitrogens with zero attached hydrogens (tertiary/aromatic N) is 2. The van der Waals surface area contributed by atoms with Crippen molar-refractivity contribution in [1.82, 2.24) is 20.6 Å². The number of carbonyl (C=O) groups excluding carboxylic acids is 3. The molecule has 0 aromatic carbocycles. The number of amides is 3. The highest BCUT2D eigenvalue weighted by Crippen LogP contribution is 2.52. The van der Waals surface area contributed by atoms with Gasteiger partial charge in [-0.1, -0.05) is 13.8 Å². The van der Waals surface area contributed by atoms with Gasteiger partial charge in [0.1, 0.15) is 0 Å². The Morgan fingerprint density at radius 1 is 1.12 bits per heavy atom. The molecule has 0 radical (unpaired) electrons. The zero-order valence-corrected chi connectivity index (χ0v) is 15.0. The molecule has 1 saturated carbocycles. The zero-order chi connectivity index (χ0) is 18.2. The Hall–Kier alpha value is -1.67. The summed E-state index contributed by atoms with van der Waals surface area (Å²) in [6, 6.07) is -0.606. The highest BCUT2D eigenvalue weighted by molar-refractivity contribution is 5.90. The van der Waals surface area contributed by atoms with Crippen molar-refractivity contribution in [2.45, 2.75) is 39.2 Å². The minimum atomic E-state index is -0.606. The van der Waals surface area contributed by atoms with E-state index in [-0.39, 0.29) is 23.1 Å². The van der Waals surface area contributed by atoms with Gasteiger partial charge in [0.2, 0.25) is 17.7 Å². The van der Waals surface area contributed by atoms with Crippen LogP contribution in [-0.4, -0.2) is 71.5 Å². The fraction of sp³-hybridized carbons (Fsp3) is 0.824. The van der Waals surface area contributed by atoms with E-state index >= 15 is 0 Å². The van der Waals surface area contributed by atoms with E-state index < -0.39 is 17.9 Å². The third kappa shape index (κ3) is 3.64. The molecule has 0 aromatic rings. The maximum absolute atomic E-state index is 12.9. The molecule has 1 aliphatic carbocycles. The number of piperazine rings is 1. The van der Waals surface area contributed by atoms with Crippen molar-refractivity contribution in [3.05, 3.63) is 0 Å². The molecular weight excluding hydrogens is 324 g/mol. The van der Waals surface area contributed by atoms with Crippen molar-refractivity contribution >= 4 is 17.7 Å². The molecule has 8 nitrogen and oxygen atoms in total. The molecule has 0 bridgehead atoms. The quantitative estimate of drug-likeness (QED) is 0.473. The smallest absolute Gasteiger partial charge is 0.248 e. The first-order chi connectivity index (χ1) is 11.9. The molecule has 0 aromatic heterocycles. The Kier molecular flexibility index (Phi) is 5.02. The predicted octanol–water partition coefficient (Wildman–Crippen LogP) is -0.423. The van der Waals surface area contributed by atoms with Crippen LogP contribution >= 0.6 is 0 Å². The van der Waals surface area contributed by atoms with Crippen molar-refractivity contribution in [3.63, 3.8) is 0 Å². The van der Waals surface area contributed by atoms with Crippen LogP contribution in [-0.2, 0) is 14.4 Å². The van der Waals surface area contributed by atoms with Gasteiger partial charge >= 0.3 is 0 Å². The summed E-state index contributed by atoms with van der Waals surface area (Å²) in [6.07, 6.45) is 2.76. The van der Waals surface area contributed by atoms with Gasteiger partial charge in [-0.2, -0.15) is 0 Å². The molecule has 2 atom stereocenters. The molecule has 2 heterocycles. The van der Waals surface area contributed by atoms with Crippen LogP contribution in [0, 0.1) is 17.3 Å². The zero-order valence-electron chi connectivity index (χ0n) is 15.0. The summed E-state index contributed by atoms with van der Waals surface area (Å²) in [6.45, 7) is 6.49. The second-order valence-corrected chi connectivity index (χ2v) is 7.95. The van der Waals surface area contributed by atoms with Gasteiger partial charge in [0.05, 0.1) is 12.0 Å². The molecule has 3 N–H and O–H groups in total. The lowest BCUT2D eigenvalue weighted by atomic mass is 9.81. The summed E-state index contributed by atoms with van der Waals surface area (Å²) in [5, 5.41) is 12.3. The summed E-state index contributed by atoms with van der Waals surface area (Å²) >= 11 is 0. The molecule has 8 heteroatoms. The van der Waals surface area contributed by atoms with E-state index in [1.165, 1.54) is 0 Å². The van der Waals surface area contributed by atoms with Crippen molar-refractivity contribution in [1.29, 1.82) is 0 Å². The van der Waals surface area contributed by atoms with E-state index in [4.69, 9.17) is 5.21 Å². The minimum Gasteiger partial charge on any atom is -0.339 e. The number of nitrogens with one attached hydrogen (secondary N) is 2. The van der Waals surface area contributed by atoms with Crippen molar-refractivity contribution in [3.8, 4) is 0 Å². The number of carbonyl (C=O) groups is 3. The number of hydrogen-bond donors (Lipinski definition) is 3. The summed E-state index contributed by atoms with van der Waals surface area (Å²) in [7, 11) is 0. The second-order valence-electron chi connectivity index (χ2n) is 7.95. The van der Waals surface area contributed by atoms with E-state index in [1.807, 2.05) is 13.8 Å². The molecule has 3 aliphatic rings. The number of hydroxylamine groups is 1. The Morgan fingerprint density at radius 3 is 2.24 bits per heavy atom. The summed E-state index contributed by atoms with van der Waals surface area (Å²) < 4.78 is 0. The third-order valence-corrected chi connectivity index (χ3v) is 5.82. The van der Waals surface area contributed by atoms with Crippen LogP contribution in [0.5, 0.6) is 0 Å². The van der Waals surface area contributed by atoms with Gasteiger partial charge in [-0.15, -0.1) is 0 Å². The Labute approximate surface area is 147 Å². The van der Waals surface area contributed by atoms with Crippen LogP contribution in [0.25, 0.3) is 0 Å². The second kappa shape index (κ2) is 6.92. The molecule has 2 aliphatic heterocycles. The van der Waals surface area contributed by atoms with Gasteiger partial charge < -0.3 is 15.1 Å². The molecule has 1 spiro atoms. The number of rotatable bonds is 3. The first-order valence-electron chi connectivity index (χ1n) is 9.12. The van der Waals surface area contributed by atoms with E-state index in [2.05, 4.69) is 5.32 Å². The first kappa shape index (κ1) is 18.1. The van der Waals surface area contributed by atoms with Gasteiger partial charge in [-0.05, 0) is 24.7 Å². The fourth-order valence-electron chi connectivity index (χ4n) is 3.98. The van der Waals surface area contributed by atoms with Crippen molar-refractivity contribution in [2.24, 2.45) is 17.3 Å². The van der Waals surface area contributed by atoms with E-state index in [0.717, 1.165) is 19.4 Å². The maximum atomic E-state index is 12.9. The largest absolute Gasteiger partial charge is 0.339 e. The normalized spacial score (nSPS) is 28.2. The lowest BCUT2D eigenvalue weighted by molar-refractivity contribution is -0.147. The van der Waals surface area contributed by atoms with Gasteiger partial charge in [0, 0.05) is 38.6 Å². The van der Waals surface area contributed by atoms with Crippen LogP contribution in [0.2, 0.25) is 0 Å². The SMILES string of the molecule is CC(C)C(=O)N1CCN(C(=O)[C@H]2NCC3(CC3)C[C@@H]2C(=O)NO)CC1. The van der Waals surface area contributed by atoms with E-state index in [0.29, 0.717) is 32.6 Å². The van der Waals surface area contributed by atoms with Crippen LogP contribution in [0.3, 0.4) is 0 Å². The Bertz CT molecular complexity index is 553. The topological polar surface area (TPSA) is 102 Å². The van der Waals surface area contributed by atoms with Gasteiger partial charge in [0.15, 0.2) is 0 Å². The third-order valence-electron chi connectivity index (χ3n) is 5.82. The Balaban J connectivity index is 1.62. The van der Waals surface area contributed by atoms with Gasteiger partial charge in [-0.25, -0.2) is 5.48 Å². The fourth-order valence-corrected chi connectivity index (χ4v) is 3.98. The molecule has 25 heavy (non-hydrogen) atoms. The molecule has 0 unspecified atom stereocenters. The van der Waals surface area contributed by atoms with Crippen LogP contribution in [0.1, 0.15) is 33.1 Å². The molecule has 3 rings (SSSR count). The van der Waals surface area contributed by atoms with Crippen molar-refractivity contribution < 1.29 is 19.6 Å². The van der Waals surface area contributed by atoms with Crippen molar-refractivity contribution in [2.75, 3.05) is 32.7 Å². The summed E-state index contributed by atoms with van der Waals surface area (Å²) in [5.74, 6) is -1.10. The average molecular weight is 352 g/mol.